The largest absolute Gasteiger partial charge is 0.356 e. The SMILES string of the molecule is N#Cc1ccccc1NC(=O)c1ccc(/C=C\C(=N)N2CCCNCC2)[nH]1. The van der Waals surface area contributed by atoms with Crippen molar-refractivity contribution in [3.8, 4) is 6.07 Å². The second-order valence-electron chi connectivity index (χ2n) is 6.25. The van der Waals surface area contributed by atoms with Gasteiger partial charge in [-0.3, -0.25) is 10.2 Å². The van der Waals surface area contributed by atoms with Gasteiger partial charge in [0.2, 0.25) is 0 Å². The fraction of sp³-hybridized carbons (Fsp3) is 0.250. The van der Waals surface area contributed by atoms with Crippen LogP contribution in [0.4, 0.5) is 5.69 Å². The van der Waals surface area contributed by atoms with Crippen LogP contribution in [0.2, 0.25) is 0 Å². The Morgan fingerprint density at radius 3 is 2.93 bits per heavy atom. The third-order valence-corrected chi connectivity index (χ3v) is 4.35. The summed E-state index contributed by atoms with van der Waals surface area (Å²) in [6, 6.07) is 12.4. The zero-order valence-electron chi connectivity index (χ0n) is 15.0. The number of para-hydroxylation sites is 1. The van der Waals surface area contributed by atoms with Gasteiger partial charge in [-0.25, -0.2) is 0 Å². The van der Waals surface area contributed by atoms with Gasteiger partial charge in [0.05, 0.1) is 11.3 Å². The first-order chi connectivity index (χ1) is 13.2. The Bertz CT molecular complexity index is 884. The molecule has 0 aliphatic carbocycles. The number of H-pyrrole nitrogens is 1. The van der Waals surface area contributed by atoms with Crippen molar-refractivity contribution in [2.75, 3.05) is 31.5 Å². The first-order valence-corrected chi connectivity index (χ1v) is 8.89. The molecule has 1 fully saturated rings. The Morgan fingerprint density at radius 2 is 2.07 bits per heavy atom. The van der Waals surface area contributed by atoms with Crippen LogP contribution in [0.25, 0.3) is 6.08 Å². The number of amidine groups is 1. The minimum atomic E-state index is -0.314. The van der Waals surface area contributed by atoms with Gasteiger partial charge in [-0.15, -0.1) is 0 Å². The van der Waals surface area contributed by atoms with E-state index in [2.05, 4.69) is 21.7 Å². The quantitative estimate of drug-likeness (QED) is 0.495. The second-order valence-corrected chi connectivity index (χ2v) is 6.25. The molecule has 2 heterocycles. The van der Waals surface area contributed by atoms with Crippen LogP contribution in [0.1, 0.15) is 28.2 Å². The molecule has 0 atom stereocenters. The van der Waals surface area contributed by atoms with E-state index in [1.54, 1.807) is 48.6 Å². The molecule has 0 saturated carbocycles. The van der Waals surface area contributed by atoms with Crippen LogP contribution in [0.15, 0.2) is 42.5 Å². The minimum absolute atomic E-state index is 0.314. The van der Waals surface area contributed by atoms with E-state index in [0.29, 0.717) is 22.8 Å². The number of carbonyl (C=O) groups is 1. The highest BCUT2D eigenvalue weighted by Crippen LogP contribution is 2.15. The van der Waals surface area contributed by atoms with Gasteiger partial charge in [0.1, 0.15) is 17.6 Å². The molecule has 7 heteroatoms. The Labute approximate surface area is 158 Å². The molecular formula is C20H22N6O. The number of hydrogen-bond donors (Lipinski definition) is 4. The lowest BCUT2D eigenvalue weighted by molar-refractivity contribution is 0.102. The average Bonchev–Trinajstić information content (AvgIpc) is 3.00. The highest BCUT2D eigenvalue weighted by atomic mass is 16.1. The Kier molecular flexibility index (Phi) is 6.02. The minimum Gasteiger partial charge on any atom is -0.356 e. The molecule has 1 aliphatic rings. The van der Waals surface area contributed by atoms with Crippen LogP contribution >= 0.6 is 0 Å². The van der Waals surface area contributed by atoms with Gasteiger partial charge in [0, 0.05) is 25.3 Å². The number of aromatic nitrogens is 1. The van der Waals surface area contributed by atoms with E-state index in [0.717, 1.165) is 38.3 Å². The predicted molar refractivity (Wildman–Crippen MR) is 106 cm³/mol. The molecule has 0 spiro atoms. The van der Waals surface area contributed by atoms with Crippen molar-refractivity contribution in [2.45, 2.75) is 6.42 Å². The number of carbonyl (C=O) groups excluding carboxylic acids is 1. The van der Waals surface area contributed by atoms with Crippen molar-refractivity contribution in [1.29, 1.82) is 10.7 Å². The molecular weight excluding hydrogens is 340 g/mol. The van der Waals surface area contributed by atoms with Crippen LogP contribution in [-0.2, 0) is 0 Å². The third kappa shape index (κ3) is 4.84. The molecule has 1 saturated heterocycles. The summed E-state index contributed by atoms with van der Waals surface area (Å²) in [6.07, 6.45) is 4.55. The number of nitrogens with one attached hydrogen (secondary N) is 4. The van der Waals surface area contributed by atoms with Crippen molar-refractivity contribution in [2.24, 2.45) is 0 Å². The van der Waals surface area contributed by atoms with E-state index < -0.39 is 0 Å². The number of hydrogen-bond acceptors (Lipinski definition) is 4. The standard InChI is InChI=1S/C20H22N6O/c21-14-15-4-1-2-5-17(15)25-20(27)18-8-6-16(24-18)7-9-19(22)26-12-3-10-23-11-13-26/h1-2,4-9,22-24H,3,10-13H2,(H,25,27)/b9-7-,22-19?. The zero-order chi connectivity index (χ0) is 19.1. The summed E-state index contributed by atoms with van der Waals surface area (Å²) in [6.45, 7) is 3.55. The molecule has 2 aromatic rings. The fourth-order valence-corrected chi connectivity index (χ4v) is 2.88. The van der Waals surface area contributed by atoms with Crippen LogP contribution in [-0.4, -0.2) is 47.8 Å². The average molecular weight is 362 g/mol. The molecule has 138 valence electrons. The number of anilines is 1. The second kappa shape index (κ2) is 8.83. The van der Waals surface area contributed by atoms with Gasteiger partial charge in [-0.05, 0) is 49.4 Å². The molecule has 1 aromatic carbocycles. The molecule has 3 rings (SSSR count). The van der Waals surface area contributed by atoms with E-state index in [1.165, 1.54) is 0 Å². The van der Waals surface area contributed by atoms with E-state index in [1.807, 2.05) is 4.90 Å². The lowest BCUT2D eigenvalue weighted by atomic mass is 10.2. The Hall–Kier alpha value is -3.37. The summed E-state index contributed by atoms with van der Waals surface area (Å²) in [5.41, 5.74) is 2.03. The topological polar surface area (TPSA) is 108 Å². The maximum atomic E-state index is 12.4. The number of aromatic amines is 1. The molecule has 4 N–H and O–H groups in total. The normalized spacial score (nSPS) is 14.6. The molecule has 0 radical (unpaired) electrons. The molecule has 7 nitrogen and oxygen atoms in total. The summed E-state index contributed by atoms with van der Waals surface area (Å²) < 4.78 is 0. The van der Waals surface area contributed by atoms with Gasteiger partial charge in [0.15, 0.2) is 0 Å². The van der Waals surface area contributed by atoms with Crippen molar-refractivity contribution in [3.05, 3.63) is 59.4 Å². The van der Waals surface area contributed by atoms with Gasteiger partial charge >= 0.3 is 0 Å². The van der Waals surface area contributed by atoms with Crippen LogP contribution in [0.3, 0.4) is 0 Å². The number of nitriles is 1. The summed E-state index contributed by atoms with van der Waals surface area (Å²) in [7, 11) is 0. The van der Waals surface area contributed by atoms with Crippen LogP contribution in [0.5, 0.6) is 0 Å². The van der Waals surface area contributed by atoms with Crippen molar-refractivity contribution in [3.63, 3.8) is 0 Å². The Morgan fingerprint density at radius 1 is 1.22 bits per heavy atom. The maximum Gasteiger partial charge on any atom is 0.272 e. The van der Waals surface area contributed by atoms with E-state index >= 15 is 0 Å². The van der Waals surface area contributed by atoms with Crippen molar-refractivity contribution < 1.29 is 4.79 Å². The van der Waals surface area contributed by atoms with Crippen LogP contribution in [0, 0.1) is 16.7 Å². The highest BCUT2D eigenvalue weighted by molar-refractivity contribution is 6.04. The van der Waals surface area contributed by atoms with E-state index in [-0.39, 0.29) is 5.91 Å². The van der Waals surface area contributed by atoms with Gasteiger partial charge in [-0.1, -0.05) is 12.1 Å². The number of rotatable bonds is 4. The first-order valence-electron chi connectivity index (χ1n) is 8.89. The lowest BCUT2D eigenvalue weighted by Crippen LogP contribution is -2.32. The molecule has 1 aromatic heterocycles. The third-order valence-electron chi connectivity index (χ3n) is 4.35. The predicted octanol–water partition coefficient (Wildman–Crippen LogP) is 2.42. The van der Waals surface area contributed by atoms with Crippen molar-refractivity contribution >= 4 is 23.5 Å². The smallest absolute Gasteiger partial charge is 0.272 e. The van der Waals surface area contributed by atoms with E-state index in [4.69, 9.17) is 10.7 Å². The summed E-state index contributed by atoms with van der Waals surface area (Å²) >= 11 is 0. The summed E-state index contributed by atoms with van der Waals surface area (Å²) in [5, 5.41) is 23.4. The number of benzene rings is 1. The maximum absolute atomic E-state index is 12.4. The Balaban J connectivity index is 1.63. The summed E-state index contributed by atoms with van der Waals surface area (Å²) in [4.78, 5) is 17.5. The number of nitrogens with zero attached hydrogens (tertiary/aromatic N) is 2. The van der Waals surface area contributed by atoms with E-state index in [9.17, 15) is 4.79 Å². The molecule has 0 unspecified atom stereocenters. The monoisotopic (exact) mass is 362 g/mol. The fourth-order valence-electron chi connectivity index (χ4n) is 2.88. The number of amides is 1. The van der Waals surface area contributed by atoms with Gasteiger partial charge in [-0.2, -0.15) is 5.26 Å². The highest BCUT2D eigenvalue weighted by Gasteiger charge is 2.12. The van der Waals surface area contributed by atoms with Crippen LogP contribution < -0.4 is 10.6 Å². The molecule has 1 aliphatic heterocycles. The van der Waals surface area contributed by atoms with Gasteiger partial charge in [0.25, 0.3) is 5.91 Å². The molecule has 1 amide bonds. The first kappa shape index (κ1) is 18.4. The molecule has 0 bridgehead atoms. The van der Waals surface area contributed by atoms with Crippen molar-refractivity contribution in [1.82, 2.24) is 15.2 Å². The summed E-state index contributed by atoms with van der Waals surface area (Å²) in [5.74, 6) is 0.147. The van der Waals surface area contributed by atoms with Gasteiger partial charge < -0.3 is 20.5 Å². The molecule has 27 heavy (non-hydrogen) atoms. The zero-order valence-corrected chi connectivity index (χ0v) is 15.0. The lowest BCUT2D eigenvalue weighted by Gasteiger charge is -2.20.